The number of amides is 1. The lowest BCUT2D eigenvalue weighted by molar-refractivity contribution is -0.120. The van der Waals surface area contributed by atoms with Gasteiger partial charge in [-0.05, 0) is 41.5 Å². The molecule has 1 aromatic heterocycles. The van der Waals surface area contributed by atoms with Crippen LogP contribution in [0, 0.1) is 0 Å². The zero-order valence-electron chi connectivity index (χ0n) is 17.3. The van der Waals surface area contributed by atoms with E-state index in [4.69, 9.17) is 9.47 Å². The molecule has 0 aliphatic heterocycles. The van der Waals surface area contributed by atoms with E-state index in [2.05, 4.69) is 10.3 Å². The first-order chi connectivity index (χ1) is 15.0. The van der Waals surface area contributed by atoms with Crippen molar-refractivity contribution in [2.75, 3.05) is 20.8 Å². The lowest BCUT2D eigenvalue weighted by atomic mass is 10.1. The zero-order chi connectivity index (χ0) is 22.3. The Labute approximate surface area is 182 Å². The zero-order valence-corrected chi connectivity index (χ0v) is 18.1. The topological polar surface area (TPSA) is 94.6 Å². The van der Waals surface area contributed by atoms with Gasteiger partial charge in [0.25, 0.3) is 0 Å². The van der Waals surface area contributed by atoms with Crippen LogP contribution in [0.5, 0.6) is 11.5 Å². The number of methoxy groups -OCH3 is 2. The number of hydrogen-bond donors (Lipinski definition) is 1. The van der Waals surface area contributed by atoms with E-state index < -0.39 is 15.1 Å². The maximum absolute atomic E-state index is 13.2. The summed E-state index contributed by atoms with van der Waals surface area (Å²) in [6, 6.07) is 16.8. The van der Waals surface area contributed by atoms with E-state index in [-0.39, 0.29) is 23.8 Å². The molecule has 0 radical (unpaired) electrons. The largest absolute Gasteiger partial charge is 0.493 e. The number of ether oxygens (including phenoxy) is 2. The second-order valence-corrected chi connectivity index (χ2v) is 8.93. The third kappa shape index (κ3) is 5.40. The van der Waals surface area contributed by atoms with Gasteiger partial charge >= 0.3 is 0 Å². The molecule has 1 unspecified atom stereocenters. The molecule has 0 bridgehead atoms. The van der Waals surface area contributed by atoms with Gasteiger partial charge in [-0.2, -0.15) is 0 Å². The van der Waals surface area contributed by atoms with Crippen molar-refractivity contribution >= 4 is 15.7 Å². The fourth-order valence-corrected chi connectivity index (χ4v) is 4.86. The Balaban J connectivity index is 1.77. The number of carbonyl (C=O) groups is 1. The van der Waals surface area contributed by atoms with Gasteiger partial charge in [0, 0.05) is 18.9 Å². The summed E-state index contributed by atoms with van der Waals surface area (Å²) < 4.78 is 37.0. The Morgan fingerprint density at radius 2 is 1.74 bits per heavy atom. The summed E-state index contributed by atoms with van der Waals surface area (Å²) >= 11 is 0. The standard InChI is InChI=1S/C23H24N2O5S/c1-29-20-11-10-17(13-21(20)30-2)14-23(26)25-16-22(18-7-6-12-24-15-18)31(27,28)19-8-4-3-5-9-19/h3-13,15,22H,14,16H2,1-2H3,(H,25,26). The first kappa shape index (κ1) is 22.3. The molecule has 162 valence electrons. The fourth-order valence-electron chi connectivity index (χ4n) is 3.19. The Morgan fingerprint density at radius 1 is 1.00 bits per heavy atom. The van der Waals surface area contributed by atoms with E-state index in [9.17, 15) is 13.2 Å². The van der Waals surface area contributed by atoms with E-state index >= 15 is 0 Å². The minimum atomic E-state index is -3.73. The van der Waals surface area contributed by atoms with Gasteiger partial charge in [-0.15, -0.1) is 0 Å². The Morgan fingerprint density at radius 3 is 2.39 bits per heavy atom. The number of carbonyl (C=O) groups excluding carboxylic acids is 1. The van der Waals surface area contributed by atoms with Crippen molar-refractivity contribution < 1.29 is 22.7 Å². The number of nitrogens with one attached hydrogen (secondary N) is 1. The number of pyridine rings is 1. The highest BCUT2D eigenvalue weighted by molar-refractivity contribution is 7.91. The molecular weight excluding hydrogens is 416 g/mol. The van der Waals surface area contributed by atoms with Crippen LogP contribution < -0.4 is 14.8 Å². The minimum Gasteiger partial charge on any atom is -0.493 e. The van der Waals surface area contributed by atoms with Crippen molar-refractivity contribution in [3.8, 4) is 11.5 Å². The molecular formula is C23H24N2O5S. The van der Waals surface area contributed by atoms with Gasteiger partial charge in [-0.25, -0.2) is 8.42 Å². The molecule has 1 heterocycles. The highest BCUT2D eigenvalue weighted by atomic mass is 32.2. The summed E-state index contributed by atoms with van der Waals surface area (Å²) in [5, 5.41) is 1.79. The van der Waals surface area contributed by atoms with Gasteiger partial charge in [0.15, 0.2) is 21.3 Å². The highest BCUT2D eigenvalue weighted by Gasteiger charge is 2.29. The molecule has 3 aromatic rings. The first-order valence-electron chi connectivity index (χ1n) is 9.62. The predicted octanol–water partition coefficient (Wildman–Crippen LogP) is 2.97. The van der Waals surface area contributed by atoms with Crippen LogP contribution >= 0.6 is 0 Å². The Bertz CT molecular complexity index is 1120. The van der Waals surface area contributed by atoms with Crippen molar-refractivity contribution in [2.24, 2.45) is 0 Å². The minimum absolute atomic E-state index is 0.0744. The molecule has 31 heavy (non-hydrogen) atoms. The summed E-state index contributed by atoms with van der Waals surface area (Å²) in [5.41, 5.74) is 1.23. The normalized spacial score (nSPS) is 12.1. The SMILES string of the molecule is COc1ccc(CC(=O)NCC(c2cccnc2)S(=O)(=O)c2ccccc2)cc1OC. The molecule has 1 amide bonds. The summed E-state index contributed by atoms with van der Waals surface area (Å²) in [7, 11) is -0.673. The number of rotatable bonds is 9. The van der Waals surface area contributed by atoms with Crippen LogP contribution in [0.4, 0.5) is 0 Å². The molecule has 1 atom stereocenters. The number of aromatic nitrogens is 1. The van der Waals surface area contributed by atoms with Gasteiger partial charge in [0.05, 0.1) is 25.5 Å². The van der Waals surface area contributed by atoms with Crippen molar-refractivity contribution in [1.29, 1.82) is 0 Å². The predicted molar refractivity (Wildman–Crippen MR) is 117 cm³/mol. The van der Waals surface area contributed by atoms with Crippen molar-refractivity contribution in [3.63, 3.8) is 0 Å². The van der Waals surface area contributed by atoms with Crippen molar-refractivity contribution in [1.82, 2.24) is 10.3 Å². The molecule has 8 heteroatoms. The monoisotopic (exact) mass is 440 g/mol. The molecule has 0 spiro atoms. The summed E-state index contributed by atoms with van der Waals surface area (Å²) in [6.07, 6.45) is 3.16. The van der Waals surface area contributed by atoms with Crippen LogP contribution in [0.25, 0.3) is 0 Å². The summed E-state index contributed by atoms with van der Waals surface area (Å²) in [5.74, 6) is 0.786. The summed E-state index contributed by atoms with van der Waals surface area (Å²) in [4.78, 5) is 16.8. The smallest absolute Gasteiger partial charge is 0.224 e. The fraction of sp³-hybridized carbons (Fsp3) is 0.217. The molecule has 1 N–H and O–H groups in total. The lowest BCUT2D eigenvalue weighted by Gasteiger charge is -2.19. The quantitative estimate of drug-likeness (QED) is 0.550. The van der Waals surface area contributed by atoms with Crippen LogP contribution in [0.2, 0.25) is 0 Å². The lowest BCUT2D eigenvalue weighted by Crippen LogP contribution is -2.33. The van der Waals surface area contributed by atoms with E-state index in [1.54, 1.807) is 66.9 Å². The van der Waals surface area contributed by atoms with Crippen LogP contribution in [0.1, 0.15) is 16.4 Å². The highest BCUT2D eigenvalue weighted by Crippen LogP contribution is 2.29. The second kappa shape index (κ2) is 10.1. The number of sulfone groups is 1. The average molecular weight is 441 g/mol. The van der Waals surface area contributed by atoms with Gasteiger partial charge < -0.3 is 14.8 Å². The maximum atomic E-state index is 13.2. The van der Waals surface area contributed by atoms with Gasteiger partial charge in [0.1, 0.15) is 5.25 Å². The molecule has 0 saturated heterocycles. The van der Waals surface area contributed by atoms with E-state index in [0.717, 1.165) is 5.56 Å². The van der Waals surface area contributed by atoms with Gasteiger partial charge in [0.2, 0.25) is 5.91 Å². The van der Waals surface area contributed by atoms with Crippen LogP contribution in [0.15, 0.2) is 78.0 Å². The number of nitrogens with zero attached hydrogens (tertiary/aromatic N) is 1. The summed E-state index contributed by atoms with van der Waals surface area (Å²) in [6.45, 7) is -0.0744. The molecule has 7 nitrogen and oxygen atoms in total. The second-order valence-electron chi connectivity index (χ2n) is 6.80. The molecule has 0 fully saturated rings. The Kier molecular flexibility index (Phi) is 7.25. The van der Waals surface area contributed by atoms with Gasteiger partial charge in [-0.3, -0.25) is 9.78 Å². The van der Waals surface area contributed by atoms with Crippen molar-refractivity contribution in [3.05, 3.63) is 84.2 Å². The van der Waals surface area contributed by atoms with E-state index in [0.29, 0.717) is 17.1 Å². The van der Waals surface area contributed by atoms with E-state index in [1.807, 2.05) is 0 Å². The molecule has 0 aliphatic carbocycles. The third-order valence-electron chi connectivity index (χ3n) is 4.80. The third-order valence-corrected chi connectivity index (χ3v) is 6.92. The average Bonchev–Trinajstić information content (AvgIpc) is 2.80. The molecule has 3 rings (SSSR count). The van der Waals surface area contributed by atoms with Gasteiger partial charge in [-0.1, -0.05) is 30.3 Å². The maximum Gasteiger partial charge on any atom is 0.224 e. The molecule has 2 aromatic carbocycles. The van der Waals surface area contributed by atoms with Crippen molar-refractivity contribution in [2.45, 2.75) is 16.6 Å². The van der Waals surface area contributed by atoms with Crippen LogP contribution in [0.3, 0.4) is 0 Å². The first-order valence-corrected chi connectivity index (χ1v) is 11.2. The van der Waals surface area contributed by atoms with Crippen LogP contribution in [-0.2, 0) is 21.1 Å². The Hall–Kier alpha value is -3.39. The van der Waals surface area contributed by atoms with E-state index in [1.165, 1.54) is 20.4 Å². The number of benzene rings is 2. The van der Waals surface area contributed by atoms with Crippen LogP contribution in [-0.4, -0.2) is 40.1 Å². The molecule has 0 aliphatic rings. The molecule has 0 saturated carbocycles. The number of hydrogen-bond acceptors (Lipinski definition) is 6.